The topological polar surface area (TPSA) is 69.1 Å². The van der Waals surface area contributed by atoms with E-state index in [-0.39, 0.29) is 0 Å². The molecule has 5 nitrogen and oxygen atoms in total. The maximum absolute atomic E-state index is 5.90. The molecular weight excluding hydrogens is 190 g/mol. The number of fused-ring (bicyclic) bond motifs is 1. The van der Waals surface area contributed by atoms with Crippen molar-refractivity contribution in [1.82, 2.24) is 19.8 Å². The molecule has 2 atom stereocenters. The van der Waals surface area contributed by atoms with Crippen LogP contribution in [0.5, 0.6) is 0 Å². The third-order valence-electron chi connectivity index (χ3n) is 3.04. The maximum Gasteiger partial charge on any atom is 0.177 e. The van der Waals surface area contributed by atoms with E-state index in [1.165, 1.54) is 0 Å². The lowest BCUT2D eigenvalue weighted by Crippen LogP contribution is -2.15. The van der Waals surface area contributed by atoms with Crippen LogP contribution in [-0.4, -0.2) is 25.9 Å². The minimum absolute atomic E-state index is 0.311. The Morgan fingerprint density at radius 3 is 3.07 bits per heavy atom. The summed E-state index contributed by atoms with van der Waals surface area (Å²) in [5, 5.41) is 12.6. The molecule has 2 N–H and O–H groups in total. The summed E-state index contributed by atoms with van der Waals surface area (Å²) in [5.74, 6) is 1.38. The third kappa shape index (κ3) is 1.39. The zero-order valence-corrected chi connectivity index (χ0v) is 8.37. The second-order valence-electron chi connectivity index (χ2n) is 4.12. The van der Waals surface area contributed by atoms with Gasteiger partial charge in [-0.2, -0.15) is 9.61 Å². The van der Waals surface area contributed by atoms with Gasteiger partial charge in [-0.3, -0.25) is 0 Å². The Kier molecular flexibility index (Phi) is 1.92. The van der Waals surface area contributed by atoms with Gasteiger partial charge in [0.15, 0.2) is 11.5 Å². The number of hydrogen-bond donors (Lipinski definition) is 1. The van der Waals surface area contributed by atoms with Crippen LogP contribution in [0, 0.1) is 0 Å². The molecule has 1 saturated carbocycles. The molecule has 1 aliphatic carbocycles. The first-order valence-corrected chi connectivity index (χ1v) is 5.26. The molecule has 2 heterocycles. The highest BCUT2D eigenvalue weighted by Gasteiger charge is 2.27. The van der Waals surface area contributed by atoms with Gasteiger partial charge in [-0.25, -0.2) is 0 Å². The monoisotopic (exact) mass is 203 g/mol. The molecule has 2 aromatic heterocycles. The molecule has 0 unspecified atom stereocenters. The summed E-state index contributed by atoms with van der Waals surface area (Å²) < 4.78 is 1.82. The van der Waals surface area contributed by atoms with Gasteiger partial charge in [-0.15, -0.1) is 10.2 Å². The third-order valence-corrected chi connectivity index (χ3v) is 3.04. The lowest BCUT2D eigenvalue weighted by Gasteiger charge is -2.05. The van der Waals surface area contributed by atoms with Crippen molar-refractivity contribution < 1.29 is 0 Å². The summed E-state index contributed by atoms with van der Waals surface area (Å²) in [6.45, 7) is 0. The van der Waals surface area contributed by atoms with Crippen LogP contribution < -0.4 is 5.73 Å². The summed E-state index contributed by atoms with van der Waals surface area (Å²) >= 11 is 0. The second kappa shape index (κ2) is 3.27. The fourth-order valence-corrected chi connectivity index (χ4v) is 2.27. The van der Waals surface area contributed by atoms with E-state index >= 15 is 0 Å². The largest absolute Gasteiger partial charge is 0.328 e. The standard InChI is InChI=1S/C10H13N5/c11-8-4-3-7(6-8)10-14-13-9-2-1-5-12-15(9)10/h1-2,5,7-8H,3-4,6,11H2/t7-,8+/m1/s1. The van der Waals surface area contributed by atoms with E-state index in [1.807, 2.05) is 16.6 Å². The fourth-order valence-electron chi connectivity index (χ4n) is 2.27. The van der Waals surface area contributed by atoms with Gasteiger partial charge in [-0.05, 0) is 31.4 Å². The second-order valence-corrected chi connectivity index (χ2v) is 4.12. The molecule has 0 bridgehead atoms. The number of nitrogens with two attached hydrogens (primary N) is 1. The molecule has 0 saturated heterocycles. The number of rotatable bonds is 1. The van der Waals surface area contributed by atoms with Crippen molar-refractivity contribution in [2.75, 3.05) is 0 Å². The van der Waals surface area contributed by atoms with Gasteiger partial charge >= 0.3 is 0 Å². The van der Waals surface area contributed by atoms with Crippen LogP contribution in [0.2, 0.25) is 0 Å². The fraction of sp³-hybridized carbons (Fsp3) is 0.500. The minimum Gasteiger partial charge on any atom is -0.328 e. The highest BCUT2D eigenvalue weighted by atomic mass is 15.4. The first kappa shape index (κ1) is 8.79. The van der Waals surface area contributed by atoms with Crippen molar-refractivity contribution in [3.05, 3.63) is 24.2 Å². The molecule has 3 rings (SSSR count). The summed E-state index contributed by atoms with van der Waals surface area (Å²) in [6, 6.07) is 4.10. The molecular formula is C10H13N5. The lowest BCUT2D eigenvalue weighted by atomic mass is 10.1. The Morgan fingerprint density at radius 2 is 2.27 bits per heavy atom. The van der Waals surface area contributed by atoms with E-state index < -0.39 is 0 Å². The van der Waals surface area contributed by atoms with Gasteiger partial charge < -0.3 is 5.73 Å². The first-order chi connectivity index (χ1) is 7.34. The molecule has 0 aromatic carbocycles. The average Bonchev–Trinajstić information content (AvgIpc) is 2.83. The van der Waals surface area contributed by atoms with Gasteiger partial charge in [0, 0.05) is 18.2 Å². The van der Waals surface area contributed by atoms with Crippen LogP contribution in [0.1, 0.15) is 31.0 Å². The molecule has 1 fully saturated rings. The van der Waals surface area contributed by atoms with E-state index in [9.17, 15) is 0 Å². The smallest absolute Gasteiger partial charge is 0.177 e. The van der Waals surface area contributed by atoms with Crippen molar-refractivity contribution in [1.29, 1.82) is 0 Å². The van der Waals surface area contributed by atoms with Crippen LogP contribution in [-0.2, 0) is 0 Å². The predicted octanol–water partition coefficient (Wildman–Crippen LogP) is 0.719. The highest BCUT2D eigenvalue weighted by molar-refractivity contribution is 5.35. The normalized spacial score (nSPS) is 26.2. The highest BCUT2D eigenvalue weighted by Crippen LogP contribution is 2.32. The SMILES string of the molecule is N[C@H]1CC[C@@H](c2nnc3cccnn23)C1. The van der Waals surface area contributed by atoms with Gasteiger partial charge in [0.25, 0.3) is 0 Å². The van der Waals surface area contributed by atoms with Crippen LogP contribution in [0.4, 0.5) is 0 Å². The maximum atomic E-state index is 5.90. The van der Waals surface area contributed by atoms with E-state index in [0.29, 0.717) is 12.0 Å². The van der Waals surface area contributed by atoms with Crippen LogP contribution in [0.15, 0.2) is 18.3 Å². The van der Waals surface area contributed by atoms with Crippen LogP contribution in [0.3, 0.4) is 0 Å². The predicted molar refractivity (Wildman–Crippen MR) is 55.3 cm³/mol. The molecule has 0 aliphatic heterocycles. The van der Waals surface area contributed by atoms with Gasteiger partial charge in [-0.1, -0.05) is 0 Å². The number of aromatic nitrogens is 4. The lowest BCUT2D eigenvalue weighted by molar-refractivity contribution is 0.621. The van der Waals surface area contributed by atoms with E-state index in [1.54, 1.807) is 6.20 Å². The molecule has 78 valence electrons. The average molecular weight is 203 g/mol. The minimum atomic E-state index is 0.311. The number of nitrogens with zero attached hydrogens (tertiary/aromatic N) is 4. The van der Waals surface area contributed by atoms with Crippen molar-refractivity contribution in [2.45, 2.75) is 31.2 Å². The Bertz CT molecular complexity index is 477. The Morgan fingerprint density at radius 1 is 1.33 bits per heavy atom. The summed E-state index contributed by atoms with van der Waals surface area (Å²) in [7, 11) is 0. The van der Waals surface area contributed by atoms with E-state index in [2.05, 4.69) is 15.3 Å². The van der Waals surface area contributed by atoms with E-state index in [4.69, 9.17) is 5.73 Å². The Hall–Kier alpha value is -1.49. The molecule has 2 aromatic rings. The summed E-state index contributed by atoms with van der Waals surface area (Å²) in [5.41, 5.74) is 6.71. The molecule has 1 aliphatic rings. The van der Waals surface area contributed by atoms with Crippen molar-refractivity contribution in [3.8, 4) is 0 Å². The first-order valence-electron chi connectivity index (χ1n) is 5.26. The Balaban J connectivity index is 2.04. The van der Waals surface area contributed by atoms with Crippen molar-refractivity contribution >= 4 is 5.65 Å². The van der Waals surface area contributed by atoms with Crippen LogP contribution >= 0.6 is 0 Å². The molecule has 0 amide bonds. The number of hydrogen-bond acceptors (Lipinski definition) is 4. The zero-order chi connectivity index (χ0) is 10.3. The van der Waals surface area contributed by atoms with Crippen LogP contribution in [0.25, 0.3) is 5.65 Å². The van der Waals surface area contributed by atoms with Crippen molar-refractivity contribution in [3.63, 3.8) is 0 Å². The molecule has 5 heteroatoms. The molecule has 0 radical (unpaired) electrons. The van der Waals surface area contributed by atoms with Crippen molar-refractivity contribution in [2.24, 2.45) is 5.73 Å². The van der Waals surface area contributed by atoms with Gasteiger partial charge in [0.05, 0.1) is 0 Å². The Labute approximate surface area is 87.3 Å². The molecule has 0 spiro atoms. The summed E-state index contributed by atoms with van der Waals surface area (Å²) in [4.78, 5) is 0. The van der Waals surface area contributed by atoms with Gasteiger partial charge in [0.1, 0.15) is 0 Å². The zero-order valence-electron chi connectivity index (χ0n) is 8.37. The molecule has 15 heavy (non-hydrogen) atoms. The quantitative estimate of drug-likeness (QED) is 0.741. The van der Waals surface area contributed by atoms with E-state index in [0.717, 1.165) is 30.7 Å². The van der Waals surface area contributed by atoms with Gasteiger partial charge in [0.2, 0.25) is 0 Å². The summed E-state index contributed by atoms with van der Waals surface area (Å²) in [6.07, 6.45) is 4.93.